The van der Waals surface area contributed by atoms with Crippen molar-refractivity contribution in [2.24, 2.45) is 0 Å². The molecule has 0 spiro atoms. The first-order valence-corrected chi connectivity index (χ1v) is 7.97. The van der Waals surface area contributed by atoms with Crippen LogP contribution in [0, 0.1) is 0 Å². The maximum atomic E-state index is 11.4. The summed E-state index contributed by atoms with van der Waals surface area (Å²) in [6, 6.07) is 17.4. The molecule has 1 aromatic heterocycles. The van der Waals surface area contributed by atoms with Gasteiger partial charge in [0.1, 0.15) is 5.75 Å². The number of ether oxygens (including phenoxy) is 1. The number of carbonyl (C=O) groups is 1. The summed E-state index contributed by atoms with van der Waals surface area (Å²) >= 11 is 0. The van der Waals surface area contributed by atoms with Crippen LogP contribution in [0.15, 0.2) is 54.6 Å². The quantitative estimate of drug-likeness (QED) is 0.668. The maximum Gasteiger partial charge on any atom is 0.219 e. The van der Waals surface area contributed by atoms with Crippen molar-refractivity contribution in [2.75, 3.05) is 5.32 Å². The van der Waals surface area contributed by atoms with Gasteiger partial charge in [0.05, 0.1) is 5.52 Å². The zero-order valence-electron chi connectivity index (χ0n) is 14.0. The molecule has 3 rings (SSSR count). The van der Waals surface area contributed by atoms with Crippen LogP contribution >= 0.6 is 0 Å². The Bertz CT molecular complexity index is 870. The van der Waals surface area contributed by atoms with Gasteiger partial charge >= 0.3 is 0 Å². The van der Waals surface area contributed by atoms with Crippen molar-refractivity contribution in [3.05, 3.63) is 60.2 Å². The molecule has 4 heteroatoms. The van der Waals surface area contributed by atoms with Crippen molar-refractivity contribution in [2.45, 2.75) is 26.8 Å². The lowest BCUT2D eigenvalue weighted by Gasteiger charge is -2.11. The molecule has 0 radical (unpaired) electrons. The lowest BCUT2D eigenvalue weighted by molar-refractivity contribution is 0.101. The minimum atomic E-state index is 0.0484. The number of fused-ring (bicyclic) bond motifs is 1. The van der Waals surface area contributed by atoms with Gasteiger partial charge in [0.2, 0.25) is 5.88 Å². The predicted octanol–water partition coefficient (Wildman–Crippen LogP) is 5.05. The second-order valence-electron chi connectivity index (χ2n) is 6.04. The second-order valence-corrected chi connectivity index (χ2v) is 6.04. The molecule has 0 amide bonds. The first-order chi connectivity index (χ1) is 11.5. The minimum absolute atomic E-state index is 0.0484. The molecular formula is C20H20N2O2. The summed E-state index contributed by atoms with van der Waals surface area (Å²) in [6.45, 7) is 5.76. The Labute approximate surface area is 141 Å². The van der Waals surface area contributed by atoms with E-state index in [1.54, 1.807) is 13.0 Å². The van der Waals surface area contributed by atoms with Crippen molar-refractivity contribution < 1.29 is 9.53 Å². The average molecular weight is 320 g/mol. The summed E-state index contributed by atoms with van der Waals surface area (Å²) in [7, 11) is 0. The number of Topliss-reactive ketones (excluding diaryl/α,β-unsaturated/α-hetero) is 1. The Balaban J connectivity index is 1.80. The highest BCUT2D eigenvalue weighted by Crippen LogP contribution is 2.24. The number of rotatable bonds is 5. The third-order valence-corrected chi connectivity index (χ3v) is 3.60. The first-order valence-electron chi connectivity index (χ1n) is 7.97. The molecule has 0 unspecified atom stereocenters. The monoisotopic (exact) mass is 320 g/mol. The van der Waals surface area contributed by atoms with E-state index < -0.39 is 0 Å². The molecule has 0 fully saturated rings. The van der Waals surface area contributed by atoms with Gasteiger partial charge in [0, 0.05) is 28.7 Å². The highest BCUT2D eigenvalue weighted by Gasteiger charge is 2.05. The van der Waals surface area contributed by atoms with Gasteiger partial charge in [0.15, 0.2) is 5.78 Å². The van der Waals surface area contributed by atoms with Crippen LogP contribution in [-0.2, 0) is 0 Å². The van der Waals surface area contributed by atoms with E-state index in [-0.39, 0.29) is 5.78 Å². The van der Waals surface area contributed by atoms with Crippen LogP contribution in [0.25, 0.3) is 10.9 Å². The van der Waals surface area contributed by atoms with E-state index in [0.717, 1.165) is 22.3 Å². The second kappa shape index (κ2) is 6.71. The number of ketones is 1. The van der Waals surface area contributed by atoms with E-state index in [1.807, 2.05) is 48.5 Å². The van der Waals surface area contributed by atoms with Crippen LogP contribution in [0.4, 0.5) is 5.69 Å². The van der Waals surface area contributed by atoms with Crippen molar-refractivity contribution >= 4 is 22.4 Å². The van der Waals surface area contributed by atoms with Crippen molar-refractivity contribution in [3.8, 4) is 11.6 Å². The fourth-order valence-electron chi connectivity index (χ4n) is 2.46. The Kier molecular flexibility index (Phi) is 4.47. The van der Waals surface area contributed by atoms with Gasteiger partial charge in [-0.05, 0) is 69.3 Å². The van der Waals surface area contributed by atoms with Crippen molar-refractivity contribution in [1.82, 2.24) is 4.98 Å². The molecular weight excluding hydrogens is 300 g/mol. The van der Waals surface area contributed by atoms with Crippen molar-refractivity contribution in [3.63, 3.8) is 0 Å². The molecule has 1 heterocycles. The Morgan fingerprint density at radius 2 is 1.79 bits per heavy atom. The van der Waals surface area contributed by atoms with Gasteiger partial charge in [-0.3, -0.25) is 4.79 Å². The van der Waals surface area contributed by atoms with E-state index >= 15 is 0 Å². The summed E-state index contributed by atoms with van der Waals surface area (Å²) in [6.07, 6.45) is 0. The molecule has 0 atom stereocenters. The van der Waals surface area contributed by atoms with Crippen molar-refractivity contribution in [1.29, 1.82) is 0 Å². The summed E-state index contributed by atoms with van der Waals surface area (Å²) in [5, 5.41) is 4.26. The first kappa shape index (κ1) is 16.0. The molecule has 24 heavy (non-hydrogen) atoms. The third kappa shape index (κ3) is 3.71. The minimum Gasteiger partial charge on any atom is -0.439 e. The number of nitrogens with zero attached hydrogens (tertiary/aromatic N) is 1. The number of hydrogen-bond acceptors (Lipinski definition) is 4. The number of benzene rings is 2. The Morgan fingerprint density at radius 3 is 2.46 bits per heavy atom. The highest BCUT2D eigenvalue weighted by molar-refractivity contribution is 5.97. The molecule has 1 N–H and O–H groups in total. The number of carbonyl (C=O) groups excluding carboxylic acids is 1. The van der Waals surface area contributed by atoms with Gasteiger partial charge in [-0.15, -0.1) is 0 Å². The molecule has 2 aromatic carbocycles. The molecule has 0 aliphatic rings. The summed E-state index contributed by atoms with van der Waals surface area (Å²) in [5.74, 6) is 1.31. The van der Waals surface area contributed by atoms with Gasteiger partial charge in [-0.1, -0.05) is 0 Å². The number of hydrogen-bond donors (Lipinski definition) is 1. The van der Waals surface area contributed by atoms with E-state index in [0.29, 0.717) is 17.5 Å². The number of aromatic nitrogens is 1. The molecule has 4 nitrogen and oxygen atoms in total. The molecule has 0 saturated carbocycles. The molecule has 3 aromatic rings. The number of pyridine rings is 1. The van der Waals surface area contributed by atoms with Gasteiger partial charge < -0.3 is 10.1 Å². The van der Waals surface area contributed by atoms with Crippen LogP contribution in [0.5, 0.6) is 11.6 Å². The molecule has 0 aliphatic heterocycles. The third-order valence-electron chi connectivity index (χ3n) is 3.60. The fourth-order valence-corrected chi connectivity index (χ4v) is 2.46. The van der Waals surface area contributed by atoms with Crippen LogP contribution in [0.2, 0.25) is 0 Å². The van der Waals surface area contributed by atoms with E-state index in [4.69, 9.17) is 4.74 Å². The summed E-state index contributed by atoms with van der Waals surface area (Å²) in [4.78, 5) is 15.9. The average Bonchev–Trinajstić information content (AvgIpc) is 2.55. The lowest BCUT2D eigenvalue weighted by Crippen LogP contribution is -2.09. The SMILES string of the molecule is CC(=O)c1ccc2nc(Oc3ccc(NC(C)C)cc3)ccc2c1. The van der Waals surface area contributed by atoms with Crippen LogP contribution in [-0.4, -0.2) is 16.8 Å². The Morgan fingerprint density at radius 1 is 1.04 bits per heavy atom. The normalized spacial score (nSPS) is 10.8. The standard InChI is InChI=1S/C20H20N2O2/c1-13(2)21-17-6-8-18(9-7-17)24-20-11-5-16-12-15(14(3)23)4-10-19(16)22-20/h4-13,21H,1-3H3. The smallest absolute Gasteiger partial charge is 0.219 e. The van der Waals surface area contributed by atoms with Gasteiger partial charge in [0.25, 0.3) is 0 Å². The molecule has 0 bridgehead atoms. The zero-order chi connectivity index (χ0) is 17.1. The number of nitrogens with one attached hydrogen (secondary N) is 1. The summed E-state index contributed by atoms with van der Waals surface area (Å²) < 4.78 is 5.82. The van der Waals surface area contributed by atoms with Crippen LogP contribution < -0.4 is 10.1 Å². The highest BCUT2D eigenvalue weighted by atomic mass is 16.5. The van der Waals surface area contributed by atoms with Crippen LogP contribution in [0.1, 0.15) is 31.1 Å². The van der Waals surface area contributed by atoms with E-state index in [2.05, 4.69) is 24.1 Å². The zero-order valence-corrected chi connectivity index (χ0v) is 14.0. The maximum absolute atomic E-state index is 11.4. The summed E-state index contributed by atoms with van der Waals surface area (Å²) in [5.41, 5.74) is 2.54. The van der Waals surface area contributed by atoms with Crippen LogP contribution in [0.3, 0.4) is 0 Å². The fraction of sp³-hybridized carbons (Fsp3) is 0.200. The molecule has 122 valence electrons. The van der Waals surface area contributed by atoms with E-state index in [1.165, 1.54) is 0 Å². The van der Waals surface area contributed by atoms with Gasteiger partial charge in [-0.25, -0.2) is 4.98 Å². The molecule has 0 saturated heterocycles. The van der Waals surface area contributed by atoms with Gasteiger partial charge in [-0.2, -0.15) is 0 Å². The van der Waals surface area contributed by atoms with E-state index in [9.17, 15) is 4.79 Å². The lowest BCUT2D eigenvalue weighted by atomic mass is 10.1. The number of anilines is 1. The molecule has 0 aliphatic carbocycles. The largest absolute Gasteiger partial charge is 0.439 e. The Hall–Kier alpha value is -2.88. The predicted molar refractivity (Wildman–Crippen MR) is 97.0 cm³/mol. The topological polar surface area (TPSA) is 51.2 Å².